The Hall–Kier alpha value is -1.34. The standard InChI is InChI=1S/C11H20N2O5/c14-7-5-12(6-8-15)11(18)13-4-2-1-3-9(13)10(16)17/h9,14-15H,1-8H2,(H,16,17). The van der Waals surface area contributed by atoms with E-state index in [1.165, 1.54) is 9.80 Å². The van der Waals surface area contributed by atoms with E-state index in [2.05, 4.69) is 0 Å². The average molecular weight is 260 g/mol. The fourth-order valence-electron chi connectivity index (χ4n) is 2.14. The van der Waals surface area contributed by atoms with Crippen molar-refractivity contribution in [2.45, 2.75) is 25.3 Å². The van der Waals surface area contributed by atoms with E-state index in [0.717, 1.165) is 12.8 Å². The molecule has 0 saturated carbocycles. The van der Waals surface area contributed by atoms with Crippen LogP contribution in [0.1, 0.15) is 19.3 Å². The summed E-state index contributed by atoms with van der Waals surface area (Å²) in [6.45, 7) is 0.183. The first-order chi connectivity index (χ1) is 8.61. The molecule has 0 bridgehead atoms. The Bertz CT molecular complexity index is 291. The van der Waals surface area contributed by atoms with Crippen molar-refractivity contribution in [2.75, 3.05) is 32.8 Å². The lowest BCUT2D eigenvalue weighted by Crippen LogP contribution is -2.54. The molecule has 7 heteroatoms. The summed E-state index contributed by atoms with van der Waals surface area (Å²) in [7, 11) is 0. The van der Waals surface area contributed by atoms with Crippen LogP contribution >= 0.6 is 0 Å². The van der Waals surface area contributed by atoms with E-state index in [1.54, 1.807) is 0 Å². The second-order valence-electron chi connectivity index (χ2n) is 4.26. The summed E-state index contributed by atoms with van der Waals surface area (Å²) in [6.07, 6.45) is 2.02. The van der Waals surface area contributed by atoms with Crippen LogP contribution in [0.15, 0.2) is 0 Å². The Morgan fingerprint density at radius 1 is 1.17 bits per heavy atom. The smallest absolute Gasteiger partial charge is 0.326 e. The van der Waals surface area contributed by atoms with Crippen molar-refractivity contribution in [3.63, 3.8) is 0 Å². The van der Waals surface area contributed by atoms with Gasteiger partial charge in [0.1, 0.15) is 6.04 Å². The van der Waals surface area contributed by atoms with Gasteiger partial charge in [-0.05, 0) is 19.3 Å². The highest BCUT2D eigenvalue weighted by molar-refractivity contribution is 5.83. The Morgan fingerprint density at radius 2 is 1.78 bits per heavy atom. The molecule has 0 aliphatic carbocycles. The summed E-state index contributed by atoms with van der Waals surface area (Å²) in [6, 6.07) is -1.23. The molecule has 0 aromatic heterocycles. The van der Waals surface area contributed by atoms with Crippen LogP contribution in [-0.4, -0.2) is 76.0 Å². The third kappa shape index (κ3) is 3.58. The van der Waals surface area contributed by atoms with E-state index in [1.807, 2.05) is 0 Å². The molecule has 1 aliphatic heterocycles. The molecular weight excluding hydrogens is 240 g/mol. The first kappa shape index (κ1) is 14.7. The minimum absolute atomic E-state index is 0.0994. The molecule has 0 aromatic rings. The normalized spacial score (nSPS) is 19.7. The SMILES string of the molecule is O=C(O)C1CCCCN1C(=O)N(CCO)CCO. The quantitative estimate of drug-likeness (QED) is 0.608. The van der Waals surface area contributed by atoms with Crippen LogP contribution in [-0.2, 0) is 4.79 Å². The number of amides is 2. The zero-order chi connectivity index (χ0) is 13.5. The fraction of sp³-hybridized carbons (Fsp3) is 0.818. The number of rotatable bonds is 5. The van der Waals surface area contributed by atoms with Gasteiger partial charge >= 0.3 is 12.0 Å². The molecule has 0 radical (unpaired) electrons. The second-order valence-corrected chi connectivity index (χ2v) is 4.26. The predicted molar refractivity (Wildman–Crippen MR) is 63.1 cm³/mol. The van der Waals surface area contributed by atoms with Crippen molar-refractivity contribution in [1.29, 1.82) is 0 Å². The molecule has 1 atom stereocenters. The third-order valence-electron chi connectivity index (χ3n) is 3.04. The van der Waals surface area contributed by atoms with Crippen molar-refractivity contribution in [3.05, 3.63) is 0 Å². The molecule has 1 aliphatic rings. The summed E-state index contributed by atoms with van der Waals surface area (Å²) >= 11 is 0. The van der Waals surface area contributed by atoms with Crippen LogP contribution in [0.3, 0.4) is 0 Å². The maximum absolute atomic E-state index is 12.2. The monoisotopic (exact) mass is 260 g/mol. The van der Waals surface area contributed by atoms with Crippen molar-refractivity contribution in [2.24, 2.45) is 0 Å². The van der Waals surface area contributed by atoms with Gasteiger partial charge in [-0.25, -0.2) is 9.59 Å². The summed E-state index contributed by atoms with van der Waals surface area (Å²) in [5.74, 6) is -1.00. The molecule has 0 aromatic carbocycles. The minimum atomic E-state index is -1.00. The molecule has 2 amide bonds. The van der Waals surface area contributed by atoms with Crippen LogP contribution in [0.25, 0.3) is 0 Å². The second kappa shape index (κ2) is 7.17. The topological polar surface area (TPSA) is 101 Å². The number of aliphatic hydroxyl groups is 2. The summed E-state index contributed by atoms with van der Waals surface area (Å²) in [4.78, 5) is 25.9. The van der Waals surface area contributed by atoms with Gasteiger partial charge in [-0.1, -0.05) is 0 Å². The fourth-order valence-corrected chi connectivity index (χ4v) is 2.14. The van der Waals surface area contributed by atoms with Crippen LogP contribution in [0.2, 0.25) is 0 Å². The lowest BCUT2D eigenvalue weighted by molar-refractivity contribution is -0.143. The van der Waals surface area contributed by atoms with E-state index in [0.29, 0.717) is 13.0 Å². The molecule has 3 N–H and O–H groups in total. The van der Waals surface area contributed by atoms with Gasteiger partial charge in [-0.3, -0.25) is 0 Å². The highest BCUT2D eigenvalue weighted by Crippen LogP contribution is 2.18. The number of carboxylic acids is 1. The number of hydrogen-bond donors (Lipinski definition) is 3. The Balaban J connectivity index is 2.73. The molecule has 1 heterocycles. The van der Waals surface area contributed by atoms with Gasteiger partial charge in [0.2, 0.25) is 0 Å². The maximum atomic E-state index is 12.2. The number of nitrogens with zero attached hydrogens (tertiary/aromatic N) is 2. The lowest BCUT2D eigenvalue weighted by Gasteiger charge is -2.36. The third-order valence-corrected chi connectivity index (χ3v) is 3.04. The number of piperidine rings is 1. The van der Waals surface area contributed by atoms with Crippen LogP contribution in [0, 0.1) is 0 Å². The molecule has 104 valence electrons. The van der Waals surface area contributed by atoms with Crippen molar-refractivity contribution >= 4 is 12.0 Å². The number of carbonyl (C=O) groups is 2. The van der Waals surface area contributed by atoms with Gasteiger partial charge < -0.3 is 25.1 Å². The zero-order valence-electron chi connectivity index (χ0n) is 10.3. The van der Waals surface area contributed by atoms with Gasteiger partial charge in [-0.15, -0.1) is 0 Å². The van der Waals surface area contributed by atoms with Gasteiger partial charge in [0.15, 0.2) is 0 Å². The number of likely N-dealkylation sites (tertiary alicyclic amines) is 1. The molecule has 0 spiro atoms. The Kier molecular flexibility index (Phi) is 5.87. The number of carbonyl (C=O) groups excluding carboxylic acids is 1. The Morgan fingerprint density at radius 3 is 2.28 bits per heavy atom. The van der Waals surface area contributed by atoms with E-state index in [9.17, 15) is 9.59 Å². The number of urea groups is 1. The predicted octanol–water partition coefficient (Wildman–Crippen LogP) is -0.668. The van der Waals surface area contributed by atoms with Crippen molar-refractivity contribution < 1.29 is 24.9 Å². The van der Waals surface area contributed by atoms with E-state index in [4.69, 9.17) is 15.3 Å². The first-order valence-corrected chi connectivity index (χ1v) is 6.12. The minimum Gasteiger partial charge on any atom is -0.480 e. The van der Waals surface area contributed by atoms with Gasteiger partial charge in [0.25, 0.3) is 0 Å². The van der Waals surface area contributed by atoms with Gasteiger partial charge in [0, 0.05) is 19.6 Å². The highest BCUT2D eigenvalue weighted by atomic mass is 16.4. The number of carboxylic acid groups (broad SMARTS) is 1. The summed E-state index contributed by atoms with van der Waals surface area (Å²) in [5, 5.41) is 26.8. The van der Waals surface area contributed by atoms with E-state index in [-0.39, 0.29) is 26.3 Å². The molecule has 7 nitrogen and oxygen atoms in total. The Labute approximate surface area is 106 Å². The number of aliphatic carboxylic acids is 1. The first-order valence-electron chi connectivity index (χ1n) is 6.12. The number of hydrogen-bond acceptors (Lipinski definition) is 4. The molecule has 18 heavy (non-hydrogen) atoms. The molecule has 1 rings (SSSR count). The molecule has 1 fully saturated rings. The lowest BCUT2D eigenvalue weighted by atomic mass is 10.0. The molecule has 1 unspecified atom stereocenters. The van der Waals surface area contributed by atoms with Gasteiger partial charge in [-0.2, -0.15) is 0 Å². The van der Waals surface area contributed by atoms with Crippen LogP contribution in [0.4, 0.5) is 4.79 Å². The number of aliphatic hydroxyl groups excluding tert-OH is 2. The van der Waals surface area contributed by atoms with Crippen LogP contribution < -0.4 is 0 Å². The molecular formula is C11H20N2O5. The summed E-state index contributed by atoms with van der Waals surface area (Å²) in [5.41, 5.74) is 0. The molecule has 1 saturated heterocycles. The van der Waals surface area contributed by atoms with Crippen molar-refractivity contribution in [3.8, 4) is 0 Å². The van der Waals surface area contributed by atoms with E-state index < -0.39 is 18.0 Å². The van der Waals surface area contributed by atoms with Crippen molar-refractivity contribution in [1.82, 2.24) is 9.80 Å². The van der Waals surface area contributed by atoms with Crippen LogP contribution in [0.5, 0.6) is 0 Å². The van der Waals surface area contributed by atoms with E-state index >= 15 is 0 Å². The average Bonchev–Trinajstić information content (AvgIpc) is 2.37. The maximum Gasteiger partial charge on any atom is 0.326 e. The van der Waals surface area contributed by atoms with Gasteiger partial charge in [0.05, 0.1) is 13.2 Å². The largest absolute Gasteiger partial charge is 0.480 e. The highest BCUT2D eigenvalue weighted by Gasteiger charge is 2.33. The summed E-state index contributed by atoms with van der Waals surface area (Å²) < 4.78 is 0. The zero-order valence-corrected chi connectivity index (χ0v) is 10.3.